The molecule has 0 spiro atoms. The van der Waals surface area contributed by atoms with E-state index in [0.29, 0.717) is 0 Å². The molecule has 1 fully saturated rings. The zero-order valence-corrected chi connectivity index (χ0v) is 32.0. The van der Waals surface area contributed by atoms with Crippen LogP contribution in [0.1, 0.15) is 61.8 Å². The van der Waals surface area contributed by atoms with Crippen LogP contribution in [0.3, 0.4) is 0 Å². The number of benzene rings is 4. The summed E-state index contributed by atoms with van der Waals surface area (Å²) in [6.45, 7) is 5.66. The Kier molecular flexibility index (Phi) is 18.4. The Labute approximate surface area is 304 Å². The fourth-order valence-corrected chi connectivity index (χ4v) is 9.87. The van der Waals surface area contributed by atoms with E-state index in [0.717, 1.165) is 22.3 Å². The number of unbranched alkanes of at least 4 members (excludes halogenated alkanes) is 2. The molecule has 4 aromatic rings. The molecule has 1 aliphatic rings. The summed E-state index contributed by atoms with van der Waals surface area (Å²) < 4.78 is 28.7. The number of hydrogen-bond acceptors (Lipinski definition) is 6. The third-order valence-corrected chi connectivity index (χ3v) is 12.6. The zero-order valence-electron chi connectivity index (χ0n) is 29.1. The van der Waals surface area contributed by atoms with Gasteiger partial charge in [-0.15, -0.1) is 0 Å². The topological polar surface area (TPSA) is 77.4 Å². The molecular formula is C42H54O6Sn. The molecular weight excluding hydrogens is 719 g/mol. The summed E-state index contributed by atoms with van der Waals surface area (Å²) in [6, 6.07) is 39.1. The van der Waals surface area contributed by atoms with Crippen LogP contribution in [0.5, 0.6) is 0 Å². The van der Waals surface area contributed by atoms with E-state index in [-0.39, 0.29) is 47.6 Å². The molecule has 0 bridgehead atoms. The van der Waals surface area contributed by atoms with Gasteiger partial charge in [0.25, 0.3) is 0 Å². The van der Waals surface area contributed by atoms with Gasteiger partial charge in [-0.3, -0.25) is 0 Å². The predicted octanol–water partition coefficient (Wildman–Crippen LogP) is 8.19. The van der Waals surface area contributed by atoms with Crippen LogP contribution in [0.15, 0.2) is 121 Å². The first kappa shape index (κ1) is 39.2. The molecule has 0 aromatic heterocycles. The Morgan fingerprint density at radius 1 is 0.429 bits per heavy atom. The summed E-state index contributed by atoms with van der Waals surface area (Å²) in [7, 11) is 0. The Morgan fingerprint density at radius 3 is 0.959 bits per heavy atom. The zero-order chi connectivity index (χ0) is 34.5. The van der Waals surface area contributed by atoms with Crippen molar-refractivity contribution in [1.29, 1.82) is 0 Å². The molecule has 0 aliphatic heterocycles. The fourth-order valence-electron chi connectivity index (χ4n) is 5.71. The first-order valence-corrected chi connectivity index (χ1v) is 21.8. The third kappa shape index (κ3) is 13.6. The van der Waals surface area contributed by atoms with Crippen LogP contribution >= 0.6 is 0 Å². The van der Waals surface area contributed by atoms with Gasteiger partial charge in [0.15, 0.2) is 0 Å². The molecule has 0 amide bonds. The van der Waals surface area contributed by atoms with Gasteiger partial charge >= 0.3 is 69.5 Å². The standard InChI is InChI=1S/C34H36O6.2C4H9.Sn/c35-29-30(36)32(38-22-26-15-7-2-8-16-26)34(40-24-28-19-11-4-12-20-28)33(39-23-27-17-9-3-10-18-27)31(29)37-21-25-13-5-1-6-14-25;2*1-3-4-2;/h1-20,29-36H,21-24H2;2*1,3-4H2,2H3;/t29-,30+,31-,32-,33+,34+;;;/m1.../s1. The maximum absolute atomic E-state index is 11.4. The van der Waals surface area contributed by atoms with Crippen LogP contribution in [0, 0.1) is 0 Å². The maximum Gasteiger partial charge on any atom is 0.116 e. The summed E-state index contributed by atoms with van der Waals surface area (Å²) in [6.07, 6.45) is 0.209. The molecule has 6 atom stereocenters. The number of ether oxygens (including phenoxy) is 4. The van der Waals surface area contributed by atoms with Gasteiger partial charge in [-0.25, -0.2) is 0 Å². The minimum atomic E-state index is -1.25. The number of hydrogen-bond donors (Lipinski definition) is 2. The van der Waals surface area contributed by atoms with Crippen LogP contribution in [0.2, 0.25) is 8.87 Å². The van der Waals surface area contributed by atoms with Crippen LogP contribution in [0.25, 0.3) is 0 Å². The van der Waals surface area contributed by atoms with E-state index in [1.54, 1.807) is 8.87 Å². The van der Waals surface area contributed by atoms with E-state index in [1.165, 1.54) is 25.7 Å². The molecule has 4 aromatic carbocycles. The fraction of sp³-hybridized carbons (Fsp3) is 0.429. The Morgan fingerprint density at radius 2 is 0.694 bits per heavy atom. The van der Waals surface area contributed by atoms with Crippen molar-refractivity contribution in [2.24, 2.45) is 0 Å². The van der Waals surface area contributed by atoms with Crippen molar-refractivity contribution in [2.75, 3.05) is 0 Å². The Hall–Kier alpha value is -2.56. The Bertz CT molecular complexity index is 1270. The van der Waals surface area contributed by atoms with Crippen LogP contribution in [-0.2, 0) is 45.4 Å². The third-order valence-electron chi connectivity index (χ3n) is 8.55. The second kappa shape index (κ2) is 23.0. The number of rotatable bonds is 18. The largest absolute Gasteiger partial charge is 0.387 e. The van der Waals surface area contributed by atoms with Gasteiger partial charge in [-0.05, 0) is 22.3 Å². The van der Waals surface area contributed by atoms with Gasteiger partial charge in [0.1, 0.15) is 36.6 Å². The predicted molar refractivity (Wildman–Crippen MR) is 197 cm³/mol. The van der Waals surface area contributed by atoms with Crippen molar-refractivity contribution < 1.29 is 29.2 Å². The van der Waals surface area contributed by atoms with E-state index in [1.807, 2.05) is 121 Å². The molecule has 2 N–H and O–H groups in total. The van der Waals surface area contributed by atoms with Gasteiger partial charge in [0.2, 0.25) is 0 Å². The minimum absolute atomic E-state index is 0.149. The molecule has 0 unspecified atom stereocenters. The van der Waals surface area contributed by atoms with Gasteiger partial charge in [-0.1, -0.05) is 121 Å². The molecule has 2 radical (unpaired) electrons. The van der Waals surface area contributed by atoms with Crippen molar-refractivity contribution in [3.05, 3.63) is 144 Å². The molecule has 0 saturated heterocycles. The summed E-state index contributed by atoms with van der Waals surface area (Å²) in [5, 5.41) is 22.7. The summed E-state index contributed by atoms with van der Waals surface area (Å²) >= 11 is 0.149. The van der Waals surface area contributed by atoms with E-state index < -0.39 is 36.6 Å². The molecule has 49 heavy (non-hydrogen) atoms. The van der Waals surface area contributed by atoms with Crippen molar-refractivity contribution >= 4 is 21.1 Å². The van der Waals surface area contributed by atoms with Crippen molar-refractivity contribution in [3.8, 4) is 0 Å². The van der Waals surface area contributed by atoms with Crippen molar-refractivity contribution in [2.45, 2.75) is 111 Å². The van der Waals surface area contributed by atoms with Gasteiger partial charge in [-0.2, -0.15) is 0 Å². The van der Waals surface area contributed by atoms with Gasteiger partial charge < -0.3 is 29.2 Å². The molecule has 0 heterocycles. The monoisotopic (exact) mass is 774 g/mol. The molecule has 6 nitrogen and oxygen atoms in total. The Balaban J connectivity index is 0.000000529. The normalized spacial score (nSPS) is 21.9. The van der Waals surface area contributed by atoms with E-state index in [4.69, 9.17) is 18.9 Å². The minimum Gasteiger partial charge on any atom is -0.387 e. The quantitative estimate of drug-likeness (QED) is 0.0785. The molecule has 1 saturated carbocycles. The van der Waals surface area contributed by atoms with E-state index in [2.05, 4.69) is 13.8 Å². The molecule has 7 heteroatoms. The average molecular weight is 774 g/mol. The molecule has 1 aliphatic carbocycles. The average Bonchev–Trinajstić information content (AvgIpc) is 3.15. The second-order valence-corrected chi connectivity index (χ2v) is 16.8. The SMILES string of the molecule is CCC[CH2][Sn][CH2]CCC.O[C@@H]1[C@H](O)[C@@H](OCc2ccccc2)[C@H](OCc2ccccc2)[C@@H](OCc2ccccc2)[C@@H]1OCc1ccccc1. The summed E-state index contributed by atoms with van der Waals surface area (Å²) in [4.78, 5) is 0. The van der Waals surface area contributed by atoms with Crippen LogP contribution in [-0.4, -0.2) is 68.0 Å². The van der Waals surface area contributed by atoms with Crippen LogP contribution < -0.4 is 0 Å². The smallest absolute Gasteiger partial charge is 0.116 e. The summed E-state index contributed by atoms with van der Waals surface area (Å²) in [5.41, 5.74) is 3.87. The summed E-state index contributed by atoms with van der Waals surface area (Å²) in [5.74, 6) is 0. The van der Waals surface area contributed by atoms with Gasteiger partial charge in [0.05, 0.1) is 26.4 Å². The van der Waals surface area contributed by atoms with Crippen molar-refractivity contribution in [1.82, 2.24) is 0 Å². The first-order chi connectivity index (χ1) is 24.1. The maximum atomic E-state index is 11.4. The number of aliphatic hydroxyl groups is 2. The van der Waals surface area contributed by atoms with Crippen molar-refractivity contribution in [3.63, 3.8) is 0 Å². The second-order valence-electron chi connectivity index (χ2n) is 12.5. The number of aliphatic hydroxyl groups excluding tert-OH is 2. The van der Waals surface area contributed by atoms with E-state index >= 15 is 0 Å². The van der Waals surface area contributed by atoms with Gasteiger partial charge in [0, 0.05) is 0 Å². The molecule has 262 valence electrons. The molecule has 5 rings (SSSR count). The first-order valence-electron chi connectivity index (χ1n) is 17.8. The van der Waals surface area contributed by atoms with Crippen LogP contribution in [0.4, 0.5) is 0 Å². The van der Waals surface area contributed by atoms with E-state index in [9.17, 15) is 10.2 Å².